The summed E-state index contributed by atoms with van der Waals surface area (Å²) in [5.41, 5.74) is 0. The maximum atomic E-state index is 11.7. The second-order valence-electron chi connectivity index (χ2n) is 4.80. The average molecular weight is 289 g/mol. The van der Waals surface area contributed by atoms with Gasteiger partial charge >= 0.3 is 12.0 Å². The van der Waals surface area contributed by atoms with Crippen LogP contribution in [0.15, 0.2) is 0 Å². The molecule has 1 unspecified atom stereocenters. The van der Waals surface area contributed by atoms with E-state index in [0.29, 0.717) is 24.8 Å². The van der Waals surface area contributed by atoms with Gasteiger partial charge in [-0.25, -0.2) is 9.59 Å². The van der Waals surface area contributed by atoms with Crippen LogP contribution in [0.1, 0.15) is 19.3 Å². The number of likely N-dealkylation sites (tertiary alicyclic amines) is 1. The van der Waals surface area contributed by atoms with Crippen LogP contribution >= 0.6 is 11.8 Å². The normalized spacial score (nSPS) is 21.1. The van der Waals surface area contributed by atoms with Crippen molar-refractivity contribution in [3.63, 3.8) is 0 Å². The number of urea groups is 1. The molecule has 0 saturated carbocycles. The van der Waals surface area contributed by atoms with Crippen LogP contribution in [0.4, 0.5) is 4.79 Å². The summed E-state index contributed by atoms with van der Waals surface area (Å²) >= 11 is 1.57. The third-order valence-electron chi connectivity index (χ3n) is 3.38. The number of hydrogen-bond donors (Lipinski definition) is 3. The van der Waals surface area contributed by atoms with E-state index in [4.69, 9.17) is 5.11 Å². The van der Waals surface area contributed by atoms with Gasteiger partial charge in [-0.05, 0) is 44.9 Å². The molecule has 1 heterocycles. The summed E-state index contributed by atoms with van der Waals surface area (Å²) in [6.45, 7) is 1.62. The van der Waals surface area contributed by atoms with Crippen molar-refractivity contribution in [1.82, 2.24) is 15.5 Å². The number of carboxylic acids is 1. The molecule has 1 aliphatic heterocycles. The van der Waals surface area contributed by atoms with E-state index in [1.54, 1.807) is 11.8 Å². The van der Waals surface area contributed by atoms with E-state index in [2.05, 4.69) is 15.5 Å². The van der Waals surface area contributed by atoms with Crippen LogP contribution in [0, 0.1) is 0 Å². The highest BCUT2D eigenvalue weighted by Gasteiger charge is 2.23. The molecule has 110 valence electrons. The van der Waals surface area contributed by atoms with Crippen molar-refractivity contribution in [2.45, 2.75) is 31.3 Å². The standard InChI is InChI=1S/C12H23N3O3S/c1-15-6-3-4-9(15)8-13-12(18)14-10(11(16)17)5-7-19-2/h9-10H,3-8H2,1-2H3,(H,16,17)(H2,13,14,18)/t9?,10-/m1/s1. The number of aliphatic carboxylic acids is 1. The smallest absolute Gasteiger partial charge is 0.326 e. The van der Waals surface area contributed by atoms with E-state index in [1.807, 2.05) is 13.3 Å². The van der Waals surface area contributed by atoms with Crippen molar-refractivity contribution in [1.29, 1.82) is 0 Å². The Morgan fingerprint density at radius 1 is 1.53 bits per heavy atom. The second-order valence-corrected chi connectivity index (χ2v) is 5.79. The van der Waals surface area contributed by atoms with E-state index in [1.165, 1.54) is 0 Å². The Bertz CT molecular complexity index is 315. The SMILES string of the molecule is CSCC[C@@H](NC(=O)NCC1CCCN1C)C(=O)O. The topological polar surface area (TPSA) is 81.7 Å². The van der Waals surface area contributed by atoms with Crippen LogP contribution < -0.4 is 10.6 Å². The van der Waals surface area contributed by atoms with Crippen molar-refractivity contribution < 1.29 is 14.7 Å². The number of nitrogens with zero attached hydrogens (tertiary/aromatic N) is 1. The van der Waals surface area contributed by atoms with Gasteiger partial charge in [-0.15, -0.1) is 0 Å². The zero-order valence-electron chi connectivity index (χ0n) is 11.5. The minimum Gasteiger partial charge on any atom is -0.480 e. The lowest BCUT2D eigenvalue weighted by Crippen LogP contribution is -2.49. The molecule has 0 aliphatic carbocycles. The highest BCUT2D eigenvalue weighted by molar-refractivity contribution is 7.98. The summed E-state index contributed by atoms with van der Waals surface area (Å²) in [6.07, 6.45) is 4.57. The molecule has 1 saturated heterocycles. The summed E-state index contributed by atoms with van der Waals surface area (Å²) < 4.78 is 0. The molecular formula is C12H23N3O3S. The molecule has 0 bridgehead atoms. The van der Waals surface area contributed by atoms with Crippen molar-refractivity contribution in [2.75, 3.05) is 32.1 Å². The molecule has 0 radical (unpaired) electrons. The number of rotatable bonds is 7. The van der Waals surface area contributed by atoms with Gasteiger partial charge in [-0.3, -0.25) is 0 Å². The van der Waals surface area contributed by atoms with Crippen LogP contribution in [-0.4, -0.2) is 66.2 Å². The van der Waals surface area contributed by atoms with E-state index in [-0.39, 0.29) is 0 Å². The Balaban J connectivity index is 2.29. The molecule has 19 heavy (non-hydrogen) atoms. The predicted octanol–water partition coefficient (Wildman–Crippen LogP) is 0.586. The summed E-state index contributed by atoms with van der Waals surface area (Å²) in [6, 6.07) is -0.845. The molecular weight excluding hydrogens is 266 g/mol. The van der Waals surface area contributed by atoms with Crippen LogP contribution in [-0.2, 0) is 4.79 Å². The van der Waals surface area contributed by atoms with Crippen molar-refractivity contribution in [3.8, 4) is 0 Å². The quantitative estimate of drug-likeness (QED) is 0.639. The first-order valence-corrected chi connectivity index (χ1v) is 7.90. The van der Waals surface area contributed by atoms with Crippen molar-refractivity contribution >= 4 is 23.8 Å². The third kappa shape index (κ3) is 5.69. The molecule has 1 rings (SSSR count). The summed E-state index contributed by atoms with van der Waals surface area (Å²) in [5, 5.41) is 14.3. The van der Waals surface area contributed by atoms with Crippen molar-refractivity contribution in [3.05, 3.63) is 0 Å². The van der Waals surface area contributed by atoms with Crippen LogP contribution in [0.25, 0.3) is 0 Å². The van der Waals surface area contributed by atoms with Gasteiger partial charge in [0.1, 0.15) is 6.04 Å². The number of carbonyl (C=O) groups excluding carboxylic acids is 1. The molecule has 2 atom stereocenters. The summed E-state index contributed by atoms with van der Waals surface area (Å²) in [5.74, 6) is -0.273. The molecule has 3 N–H and O–H groups in total. The number of amides is 2. The fraction of sp³-hybridized carbons (Fsp3) is 0.833. The third-order valence-corrected chi connectivity index (χ3v) is 4.03. The molecule has 1 fully saturated rings. The largest absolute Gasteiger partial charge is 0.480 e. The first-order valence-electron chi connectivity index (χ1n) is 6.51. The lowest BCUT2D eigenvalue weighted by Gasteiger charge is -2.21. The number of carboxylic acid groups (broad SMARTS) is 1. The van der Waals surface area contributed by atoms with Gasteiger partial charge in [-0.1, -0.05) is 0 Å². The van der Waals surface area contributed by atoms with Gasteiger partial charge < -0.3 is 20.6 Å². The van der Waals surface area contributed by atoms with Crippen LogP contribution in [0.5, 0.6) is 0 Å². The van der Waals surface area contributed by atoms with E-state index < -0.39 is 18.0 Å². The fourth-order valence-electron chi connectivity index (χ4n) is 2.15. The molecule has 2 amide bonds. The number of nitrogens with one attached hydrogen (secondary N) is 2. The molecule has 1 aliphatic rings. The van der Waals surface area contributed by atoms with E-state index in [9.17, 15) is 9.59 Å². The Hall–Kier alpha value is -0.950. The minimum absolute atomic E-state index is 0.361. The first kappa shape index (κ1) is 16.1. The second kappa shape index (κ2) is 8.27. The van der Waals surface area contributed by atoms with Crippen molar-refractivity contribution in [2.24, 2.45) is 0 Å². The summed E-state index contributed by atoms with van der Waals surface area (Å²) in [7, 11) is 2.04. The fourth-order valence-corrected chi connectivity index (χ4v) is 2.62. The first-order chi connectivity index (χ1) is 9.04. The lowest BCUT2D eigenvalue weighted by molar-refractivity contribution is -0.139. The molecule has 0 aromatic carbocycles. The predicted molar refractivity (Wildman–Crippen MR) is 76.6 cm³/mol. The zero-order chi connectivity index (χ0) is 14.3. The average Bonchev–Trinajstić information content (AvgIpc) is 2.77. The number of carbonyl (C=O) groups is 2. The Kier molecular flexibility index (Phi) is 7.01. The molecule has 0 aromatic heterocycles. The monoisotopic (exact) mass is 289 g/mol. The van der Waals surface area contributed by atoms with Crippen LogP contribution in [0.3, 0.4) is 0 Å². The number of hydrogen-bond acceptors (Lipinski definition) is 4. The maximum absolute atomic E-state index is 11.7. The Morgan fingerprint density at radius 2 is 2.26 bits per heavy atom. The van der Waals surface area contributed by atoms with Gasteiger partial charge in [0, 0.05) is 12.6 Å². The van der Waals surface area contributed by atoms with Gasteiger partial charge in [0.05, 0.1) is 0 Å². The summed E-state index contributed by atoms with van der Waals surface area (Å²) in [4.78, 5) is 24.9. The van der Waals surface area contributed by atoms with Gasteiger partial charge in [0.15, 0.2) is 0 Å². The number of thioether (sulfide) groups is 1. The van der Waals surface area contributed by atoms with Gasteiger partial charge in [0.2, 0.25) is 0 Å². The van der Waals surface area contributed by atoms with E-state index in [0.717, 1.165) is 19.4 Å². The van der Waals surface area contributed by atoms with Gasteiger partial charge in [0.25, 0.3) is 0 Å². The highest BCUT2D eigenvalue weighted by atomic mass is 32.2. The van der Waals surface area contributed by atoms with E-state index >= 15 is 0 Å². The van der Waals surface area contributed by atoms with Gasteiger partial charge in [-0.2, -0.15) is 11.8 Å². The number of likely N-dealkylation sites (N-methyl/N-ethyl adjacent to an activating group) is 1. The van der Waals surface area contributed by atoms with Crippen LogP contribution in [0.2, 0.25) is 0 Å². The highest BCUT2D eigenvalue weighted by Crippen LogP contribution is 2.13. The Labute approximate surface area is 118 Å². The zero-order valence-corrected chi connectivity index (χ0v) is 12.3. The molecule has 6 nitrogen and oxygen atoms in total. The maximum Gasteiger partial charge on any atom is 0.326 e. The molecule has 7 heteroatoms. The molecule has 0 aromatic rings. The lowest BCUT2D eigenvalue weighted by atomic mass is 10.2. The Morgan fingerprint density at radius 3 is 2.79 bits per heavy atom. The molecule has 0 spiro atoms. The minimum atomic E-state index is -0.984.